The molecular weight excluding hydrogens is 344 g/mol. The lowest BCUT2D eigenvalue weighted by molar-refractivity contribution is 0.102. The van der Waals surface area contributed by atoms with Crippen LogP contribution in [0.3, 0.4) is 0 Å². The quantitative estimate of drug-likeness (QED) is 0.721. The average Bonchev–Trinajstić information content (AvgIpc) is 3.01. The molecule has 1 amide bonds. The van der Waals surface area contributed by atoms with E-state index in [1.165, 1.54) is 10.7 Å². The van der Waals surface area contributed by atoms with Crippen LogP contribution >= 0.6 is 0 Å². The summed E-state index contributed by atoms with van der Waals surface area (Å²) >= 11 is 0. The Morgan fingerprint density at radius 3 is 2.74 bits per heavy atom. The van der Waals surface area contributed by atoms with E-state index in [4.69, 9.17) is 0 Å². The van der Waals surface area contributed by atoms with Crippen molar-refractivity contribution in [3.8, 4) is 5.95 Å². The molecule has 0 aliphatic rings. The molecule has 8 heteroatoms. The highest BCUT2D eigenvalue weighted by molar-refractivity contribution is 6.04. The summed E-state index contributed by atoms with van der Waals surface area (Å²) in [5.41, 5.74) is 2.53. The molecule has 27 heavy (non-hydrogen) atoms. The number of aromatic amines is 1. The van der Waals surface area contributed by atoms with Gasteiger partial charge in [0.2, 0.25) is 5.95 Å². The Bertz CT molecular complexity index is 1030. The monoisotopic (exact) mass is 366 g/mol. The fraction of sp³-hybridized carbons (Fsp3) is 0.263. The molecule has 0 saturated carbocycles. The molecule has 0 unspecified atom stereocenters. The van der Waals surface area contributed by atoms with Crippen molar-refractivity contribution in [3.05, 3.63) is 63.7 Å². The smallest absolute Gasteiger partial charge is 0.256 e. The van der Waals surface area contributed by atoms with Crippen LogP contribution in [0.25, 0.3) is 5.95 Å². The third-order valence-electron chi connectivity index (χ3n) is 4.04. The van der Waals surface area contributed by atoms with E-state index in [2.05, 4.69) is 20.4 Å². The molecule has 0 atom stereocenters. The van der Waals surface area contributed by atoms with E-state index < -0.39 is 0 Å². The summed E-state index contributed by atoms with van der Waals surface area (Å²) in [5.74, 6) is 0.433. The standard InChI is InChI=1S/C19H22N6O2/c1-5-14-11-17(26)22-19(20-14)25-16(9-12(2)23-25)21-18(27)13-7-6-8-15(10-13)24(3)4/h6-11H,5H2,1-4H3,(H,21,27)(H,20,22,26). The maximum absolute atomic E-state index is 12.7. The van der Waals surface area contributed by atoms with Crippen molar-refractivity contribution in [3.63, 3.8) is 0 Å². The number of aryl methyl sites for hydroxylation is 2. The van der Waals surface area contributed by atoms with Crippen LogP contribution in [0.4, 0.5) is 11.5 Å². The second-order valence-electron chi connectivity index (χ2n) is 6.40. The summed E-state index contributed by atoms with van der Waals surface area (Å²) in [4.78, 5) is 33.6. The minimum absolute atomic E-state index is 0.263. The molecule has 2 heterocycles. The number of benzene rings is 1. The van der Waals surface area contributed by atoms with Crippen LogP contribution in [-0.2, 0) is 6.42 Å². The normalized spacial score (nSPS) is 10.7. The van der Waals surface area contributed by atoms with Gasteiger partial charge < -0.3 is 10.2 Å². The molecule has 140 valence electrons. The molecule has 0 spiro atoms. The van der Waals surface area contributed by atoms with Gasteiger partial charge in [0.1, 0.15) is 5.82 Å². The minimum Gasteiger partial charge on any atom is -0.378 e. The molecule has 8 nitrogen and oxygen atoms in total. The largest absolute Gasteiger partial charge is 0.378 e. The van der Waals surface area contributed by atoms with Crippen molar-refractivity contribution in [2.75, 3.05) is 24.3 Å². The summed E-state index contributed by atoms with van der Waals surface area (Å²) in [5, 5.41) is 7.20. The maximum Gasteiger partial charge on any atom is 0.256 e. The predicted molar refractivity (Wildman–Crippen MR) is 105 cm³/mol. The molecule has 0 bridgehead atoms. The maximum atomic E-state index is 12.7. The first-order valence-electron chi connectivity index (χ1n) is 8.63. The topological polar surface area (TPSA) is 95.9 Å². The van der Waals surface area contributed by atoms with Crippen molar-refractivity contribution in [1.82, 2.24) is 19.7 Å². The van der Waals surface area contributed by atoms with Crippen LogP contribution < -0.4 is 15.8 Å². The summed E-state index contributed by atoms with van der Waals surface area (Å²) in [7, 11) is 3.83. The molecule has 0 saturated heterocycles. The molecule has 0 radical (unpaired) electrons. The van der Waals surface area contributed by atoms with E-state index in [1.807, 2.05) is 38.1 Å². The fourth-order valence-corrected chi connectivity index (χ4v) is 2.64. The lowest BCUT2D eigenvalue weighted by Crippen LogP contribution is -2.19. The lowest BCUT2D eigenvalue weighted by atomic mass is 10.2. The molecule has 3 aromatic rings. The molecule has 1 aromatic carbocycles. The summed E-state index contributed by atoms with van der Waals surface area (Å²) in [6.45, 7) is 3.72. The Hall–Kier alpha value is -3.42. The molecule has 0 aliphatic heterocycles. The number of H-pyrrole nitrogens is 1. The Labute approximate surface area is 156 Å². The number of amides is 1. The van der Waals surface area contributed by atoms with Gasteiger partial charge in [-0.15, -0.1) is 0 Å². The van der Waals surface area contributed by atoms with Crippen LogP contribution in [0.2, 0.25) is 0 Å². The van der Waals surface area contributed by atoms with Crippen molar-refractivity contribution in [2.24, 2.45) is 0 Å². The number of carbonyl (C=O) groups is 1. The molecule has 0 fully saturated rings. The van der Waals surface area contributed by atoms with Crippen molar-refractivity contribution in [2.45, 2.75) is 20.3 Å². The van der Waals surface area contributed by atoms with Gasteiger partial charge in [0.25, 0.3) is 11.5 Å². The van der Waals surface area contributed by atoms with Crippen LogP contribution in [0, 0.1) is 6.92 Å². The van der Waals surface area contributed by atoms with Gasteiger partial charge in [-0.25, -0.2) is 4.98 Å². The summed E-state index contributed by atoms with van der Waals surface area (Å²) in [6.07, 6.45) is 0.621. The van der Waals surface area contributed by atoms with Gasteiger partial charge in [0, 0.05) is 43.2 Å². The van der Waals surface area contributed by atoms with Gasteiger partial charge in [-0.3, -0.25) is 14.6 Å². The van der Waals surface area contributed by atoms with Crippen molar-refractivity contribution < 1.29 is 4.79 Å². The first-order valence-corrected chi connectivity index (χ1v) is 8.63. The van der Waals surface area contributed by atoms with E-state index in [0.29, 0.717) is 29.2 Å². The summed E-state index contributed by atoms with van der Waals surface area (Å²) < 4.78 is 1.43. The number of anilines is 2. The van der Waals surface area contributed by atoms with Gasteiger partial charge in [-0.1, -0.05) is 13.0 Å². The number of rotatable bonds is 5. The Balaban J connectivity index is 1.95. The highest BCUT2D eigenvalue weighted by atomic mass is 16.1. The molecule has 3 rings (SSSR count). The Morgan fingerprint density at radius 1 is 1.26 bits per heavy atom. The van der Waals surface area contributed by atoms with Crippen LogP contribution in [0.5, 0.6) is 0 Å². The molecule has 2 aromatic heterocycles. The van der Waals surface area contributed by atoms with Crippen molar-refractivity contribution >= 4 is 17.4 Å². The van der Waals surface area contributed by atoms with E-state index in [9.17, 15) is 9.59 Å². The predicted octanol–water partition coefficient (Wildman–Crippen LogP) is 2.14. The van der Waals surface area contributed by atoms with Crippen LogP contribution in [0.1, 0.15) is 28.7 Å². The minimum atomic E-state index is -0.270. The summed E-state index contributed by atoms with van der Waals surface area (Å²) in [6, 6.07) is 10.5. The lowest BCUT2D eigenvalue weighted by Gasteiger charge is -2.13. The fourth-order valence-electron chi connectivity index (χ4n) is 2.64. The zero-order valence-corrected chi connectivity index (χ0v) is 15.8. The van der Waals surface area contributed by atoms with Crippen LogP contribution in [-0.4, -0.2) is 39.8 Å². The number of carbonyl (C=O) groups excluding carboxylic acids is 1. The zero-order valence-electron chi connectivity index (χ0n) is 15.8. The number of hydrogen-bond acceptors (Lipinski definition) is 5. The second kappa shape index (κ2) is 7.45. The number of aromatic nitrogens is 4. The van der Waals surface area contributed by atoms with Gasteiger partial charge in [0.15, 0.2) is 0 Å². The Kier molecular flexibility index (Phi) is 5.07. The van der Waals surface area contributed by atoms with Crippen molar-refractivity contribution in [1.29, 1.82) is 0 Å². The SMILES string of the molecule is CCc1cc(=O)[nH]c(-n2nc(C)cc2NC(=O)c2cccc(N(C)C)c2)n1. The van der Waals surface area contributed by atoms with E-state index in [0.717, 1.165) is 5.69 Å². The van der Waals surface area contributed by atoms with E-state index >= 15 is 0 Å². The first kappa shape index (κ1) is 18.4. The third kappa shape index (κ3) is 4.05. The Morgan fingerprint density at radius 2 is 2.04 bits per heavy atom. The average molecular weight is 366 g/mol. The van der Waals surface area contributed by atoms with E-state index in [-0.39, 0.29) is 17.4 Å². The second-order valence-corrected chi connectivity index (χ2v) is 6.40. The number of nitrogens with zero attached hydrogens (tertiary/aromatic N) is 4. The van der Waals surface area contributed by atoms with Gasteiger partial charge in [0.05, 0.1) is 5.69 Å². The number of hydrogen-bond donors (Lipinski definition) is 2. The van der Waals surface area contributed by atoms with Gasteiger partial charge >= 0.3 is 0 Å². The van der Waals surface area contributed by atoms with Gasteiger partial charge in [-0.2, -0.15) is 9.78 Å². The molecule has 2 N–H and O–H groups in total. The molecule has 0 aliphatic carbocycles. The third-order valence-corrected chi connectivity index (χ3v) is 4.04. The van der Waals surface area contributed by atoms with E-state index in [1.54, 1.807) is 25.1 Å². The van der Waals surface area contributed by atoms with Gasteiger partial charge in [-0.05, 0) is 31.5 Å². The van der Waals surface area contributed by atoms with Crippen LogP contribution in [0.15, 0.2) is 41.2 Å². The highest BCUT2D eigenvalue weighted by Gasteiger charge is 2.15. The highest BCUT2D eigenvalue weighted by Crippen LogP contribution is 2.18. The number of nitrogens with one attached hydrogen (secondary N) is 2. The molecular formula is C19H22N6O2. The zero-order chi connectivity index (χ0) is 19.6. The first-order chi connectivity index (χ1) is 12.9.